The van der Waals surface area contributed by atoms with Crippen molar-refractivity contribution in [1.29, 1.82) is 0 Å². The van der Waals surface area contributed by atoms with Gasteiger partial charge in [0.25, 0.3) is 0 Å². The lowest BCUT2D eigenvalue weighted by Crippen LogP contribution is -2.38. The maximum atomic E-state index is 10.1. The fourth-order valence-electron chi connectivity index (χ4n) is 1.74. The minimum absolute atomic E-state index is 0.711. The molecule has 0 aliphatic heterocycles. The third-order valence-electron chi connectivity index (χ3n) is 2.79. The van der Waals surface area contributed by atoms with Crippen molar-refractivity contribution in [1.82, 2.24) is 0 Å². The summed E-state index contributed by atoms with van der Waals surface area (Å²) in [6, 6.07) is 15.3. The van der Waals surface area contributed by atoms with Crippen molar-refractivity contribution in [3.63, 3.8) is 0 Å². The molecule has 0 unspecified atom stereocenters. The van der Waals surface area contributed by atoms with Crippen molar-refractivity contribution in [3.05, 3.63) is 59.7 Å². The minimum Gasteiger partial charge on any atom is -0.532 e. The molecule has 0 radical (unpaired) electrons. The molecule has 0 amide bonds. The van der Waals surface area contributed by atoms with Crippen molar-refractivity contribution >= 4 is 12.6 Å². The van der Waals surface area contributed by atoms with Gasteiger partial charge in [-0.15, -0.1) is 0 Å². The number of rotatable bonds is 3. The van der Waals surface area contributed by atoms with Crippen LogP contribution in [0.4, 0.5) is 0 Å². The lowest BCUT2D eigenvalue weighted by atomic mass is 9.76. The normalized spacial score (nSPS) is 10.1. The fourth-order valence-corrected chi connectivity index (χ4v) is 1.74. The lowest BCUT2D eigenvalue weighted by Gasteiger charge is -2.13. The second-order valence-corrected chi connectivity index (χ2v) is 4.09. The molecule has 17 heavy (non-hydrogen) atoms. The summed E-state index contributed by atoms with van der Waals surface area (Å²) in [6.07, 6.45) is 0. The largest absolute Gasteiger partial charge is 0.560 e. The van der Waals surface area contributed by atoms with Crippen LogP contribution >= 0.6 is 0 Å². The first-order valence-corrected chi connectivity index (χ1v) is 5.64. The summed E-state index contributed by atoms with van der Waals surface area (Å²) >= 11 is 0. The molecule has 2 aromatic rings. The maximum Gasteiger partial charge on any atom is 0.560 e. The summed E-state index contributed by atoms with van der Waals surface area (Å²) in [5.74, 6) is 0.711. The van der Waals surface area contributed by atoms with Crippen LogP contribution in [-0.2, 0) is 0 Å². The Hall–Kier alpha value is -1.74. The van der Waals surface area contributed by atoms with Crippen molar-refractivity contribution < 1.29 is 9.68 Å². The van der Waals surface area contributed by atoms with Gasteiger partial charge < -0.3 is 9.68 Å². The van der Waals surface area contributed by atoms with Crippen LogP contribution in [0.5, 0.6) is 5.75 Å². The summed E-state index contributed by atoms with van der Waals surface area (Å²) in [4.78, 5) is 0. The summed E-state index contributed by atoms with van der Waals surface area (Å²) in [5, 5.41) is 10.1. The highest BCUT2D eigenvalue weighted by atomic mass is 16.5. The standard InChI is InChI=1S/C14H15BO2/c1-11-7-3-5-9-13(11)15(16)17-14-10-6-4-8-12(14)2/h3-10,16H,1-2H3. The van der Waals surface area contributed by atoms with E-state index in [0.29, 0.717) is 5.75 Å². The van der Waals surface area contributed by atoms with Gasteiger partial charge in [0, 0.05) is 0 Å². The van der Waals surface area contributed by atoms with Gasteiger partial charge in [-0.3, -0.25) is 0 Å². The third kappa shape index (κ3) is 2.69. The van der Waals surface area contributed by atoms with Crippen LogP contribution in [-0.4, -0.2) is 12.1 Å². The smallest absolute Gasteiger partial charge is 0.532 e. The highest BCUT2D eigenvalue weighted by Crippen LogP contribution is 2.16. The molecular formula is C14H15BO2. The third-order valence-corrected chi connectivity index (χ3v) is 2.79. The molecule has 2 nitrogen and oxygen atoms in total. The zero-order valence-electron chi connectivity index (χ0n) is 10.1. The molecule has 1 N–H and O–H groups in total. The molecule has 0 aliphatic rings. The Kier molecular flexibility index (Phi) is 3.50. The van der Waals surface area contributed by atoms with Gasteiger partial charge in [-0.1, -0.05) is 48.0 Å². The van der Waals surface area contributed by atoms with E-state index in [1.165, 1.54) is 0 Å². The summed E-state index contributed by atoms with van der Waals surface area (Å²) in [5.41, 5.74) is 2.84. The first-order valence-electron chi connectivity index (χ1n) is 5.64. The number of aryl methyl sites for hydroxylation is 2. The molecule has 0 fully saturated rings. The Labute approximate surface area is 102 Å². The monoisotopic (exact) mass is 226 g/mol. The van der Waals surface area contributed by atoms with E-state index < -0.39 is 7.12 Å². The average molecular weight is 226 g/mol. The van der Waals surface area contributed by atoms with Gasteiger partial charge in [-0.2, -0.15) is 0 Å². The first-order chi connectivity index (χ1) is 8.18. The zero-order chi connectivity index (χ0) is 12.3. The van der Waals surface area contributed by atoms with Crippen LogP contribution in [0.2, 0.25) is 0 Å². The molecule has 0 aliphatic carbocycles. The predicted molar refractivity (Wildman–Crippen MR) is 70.6 cm³/mol. The molecule has 86 valence electrons. The Morgan fingerprint density at radius 3 is 2.12 bits per heavy atom. The van der Waals surface area contributed by atoms with Gasteiger partial charge in [0.1, 0.15) is 5.75 Å². The number of hydrogen-bond donors (Lipinski definition) is 1. The van der Waals surface area contributed by atoms with Crippen LogP contribution in [0, 0.1) is 13.8 Å². The average Bonchev–Trinajstić information content (AvgIpc) is 2.32. The maximum absolute atomic E-state index is 10.1. The molecule has 2 rings (SSSR count). The van der Waals surface area contributed by atoms with E-state index in [1.54, 1.807) is 0 Å². The SMILES string of the molecule is Cc1ccccc1OB(O)c1ccccc1C. The van der Waals surface area contributed by atoms with Crippen LogP contribution in [0.1, 0.15) is 11.1 Å². The van der Waals surface area contributed by atoms with Crippen LogP contribution < -0.4 is 10.1 Å². The van der Waals surface area contributed by atoms with E-state index in [-0.39, 0.29) is 0 Å². The van der Waals surface area contributed by atoms with E-state index in [0.717, 1.165) is 16.6 Å². The van der Waals surface area contributed by atoms with E-state index in [1.807, 2.05) is 62.4 Å². The van der Waals surface area contributed by atoms with E-state index >= 15 is 0 Å². The van der Waals surface area contributed by atoms with Gasteiger partial charge in [0.2, 0.25) is 0 Å². The van der Waals surface area contributed by atoms with E-state index in [9.17, 15) is 5.02 Å². The highest BCUT2D eigenvalue weighted by Gasteiger charge is 2.20. The van der Waals surface area contributed by atoms with Gasteiger partial charge in [0.05, 0.1) is 0 Å². The first kappa shape index (κ1) is 11.7. The molecule has 0 atom stereocenters. The van der Waals surface area contributed by atoms with Crippen LogP contribution in [0.15, 0.2) is 48.5 Å². The summed E-state index contributed by atoms with van der Waals surface area (Å²) in [6.45, 7) is 3.92. The summed E-state index contributed by atoms with van der Waals surface area (Å²) < 4.78 is 5.57. The van der Waals surface area contributed by atoms with Crippen LogP contribution in [0.3, 0.4) is 0 Å². The molecule has 0 bridgehead atoms. The molecule has 0 aromatic heterocycles. The molecule has 2 aromatic carbocycles. The Morgan fingerprint density at radius 2 is 1.47 bits per heavy atom. The zero-order valence-corrected chi connectivity index (χ0v) is 10.1. The Bertz CT molecular complexity index is 511. The topological polar surface area (TPSA) is 29.5 Å². The van der Waals surface area contributed by atoms with E-state index in [4.69, 9.17) is 4.65 Å². The van der Waals surface area contributed by atoms with Gasteiger partial charge >= 0.3 is 7.12 Å². The Balaban J connectivity index is 2.20. The lowest BCUT2D eigenvalue weighted by molar-refractivity contribution is 0.430. The Morgan fingerprint density at radius 1 is 0.882 bits per heavy atom. The van der Waals surface area contributed by atoms with Gasteiger partial charge in [-0.25, -0.2) is 0 Å². The second-order valence-electron chi connectivity index (χ2n) is 4.09. The minimum atomic E-state index is -0.919. The van der Waals surface area contributed by atoms with Crippen molar-refractivity contribution in [2.45, 2.75) is 13.8 Å². The fraction of sp³-hybridized carbons (Fsp3) is 0.143. The molecule has 0 saturated carbocycles. The van der Waals surface area contributed by atoms with E-state index in [2.05, 4.69) is 0 Å². The van der Waals surface area contributed by atoms with Gasteiger partial charge in [0.15, 0.2) is 0 Å². The molecule has 0 heterocycles. The summed E-state index contributed by atoms with van der Waals surface area (Å²) in [7, 11) is -0.919. The molecule has 0 spiro atoms. The quantitative estimate of drug-likeness (QED) is 0.811. The molecular weight excluding hydrogens is 211 g/mol. The molecule has 0 saturated heterocycles. The molecule has 3 heteroatoms. The highest BCUT2D eigenvalue weighted by molar-refractivity contribution is 6.61. The van der Waals surface area contributed by atoms with Crippen molar-refractivity contribution in [2.75, 3.05) is 0 Å². The number of para-hydroxylation sites is 1. The van der Waals surface area contributed by atoms with Gasteiger partial charge in [-0.05, 0) is 30.9 Å². The number of benzene rings is 2. The predicted octanol–water partition coefficient (Wildman–Crippen LogP) is 2.07. The van der Waals surface area contributed by atoms with Crippen molar-refractivity contribution in [2.24, 2.45) is 0 Å². The van der Waals surface area contributed by atoms with Crippen LogP contribution in [0.25, 0.3) is 0 Å². The van der Waals surface area contributed by atoms with Crippen molar-refractivity contribution in [3.8, 4) is 5.75 Å². The number of hydrogen-bond acceptors (Lipinski definition) is 2. The second kappa shape index (κ2) is 5.06.